The van der Waals surface area contributed by atoms with E-state index < -0.39 is 6.10 Å². The highest BCUT2D eigenvalue weighted by Crippen LogP contribution is 2.25. The number of aliphatic hydroxyl groups excluding tert-OH is 1. The number of benzene rings is 2. The minimum atomic E-state index is -0.464. The van der Waals surface area contributed by atoms with Crippen LogP contribution in [-0.2, 0) is 6.61 Å². The highest BCUT2D eigenvalue weighted by molar-refractivity contribution is 9.10. The van der Waals surface area contributed by atoms with E-state index >= 15 is 0 Å². The van der Waals surface area contributed by atoms with Gasteiger partial charge in [-0.3, -0.25) is 0 Å². The zero-order valence-corrected chi connectivity index (χ0v) is 13.1. The van der Waals surface area contributed by atoms with Crippen LogP contribution in [0.5, 0.6) is 11.5 Å². The Balaban J connectivity index is 2.06. The van der Waals surface area contributed by atoms with Gasteiger partial charge in [0.05, 0.1) is 13.2 Å². The average molecular weight is 337 g/mol. The van der Waals surface area contributed by atoms with Crippen LogP contribution >= 0.6 is 15.9 Å². The molecule has 0 saturated carbocycles. The Morgan fingerprint density at radius 3 is 2.45 bits per heavy atom. The van der Waals surface area contributed by atoms with Crippen molar-refractivity contribution in [2.45, 2.75) is 19.6 Å². The molecule has 20 heavy (non-hydrogen) atoms. The van der Waals surface area contributed by atoms with Crippen molar-refractivity contribution in [1.82, 2.24) is 0 Å². The van der Waals surface area contributed by atoms with Crippen molar-refractivity contribution in [3.05, 3.63) is 58.1 Å². The van der Waals surface area contributed by atoms with E-state index in [0.717, 1.165) is 27.1 Å². The van der Waals surface area contributed by atoms with Gasteiger partial charge in [0.1, 0.15) is 18.1 Å². The molecule has 4 heteroatoms. The fraction of sp³-hybridized carbons (Fsp3) is 0.250. The van der Waals surface area contributed by atoms with Crippen LogP contribution in [0.15, 0.2) is 46.9 Å². The normalized spacial score (nSPS) is 12.0. The van der Waals surface area contributed by atoms with Crippen LogP contribution < -0.4 is 9.47 Å². The molecule has 1 N–H and O–H groups in total. The van der Waals surface area contributed by atoms with E-state index in [1.165, 1.54) is 0 Å². The second-order valence-electron chi connectivity index (χ2n) is 4.49. The molecule has 0 heterocycles. The molecule has 0 bridgehead atoms. The third-order valence-corrected chi connectivity index (χ3v) is 3.49. The summed E-state index contributed by atoms with van der Waals surface area (Å²) < 4.78 is 12.0. The van der Waals surface area contributed by atoms with Crippen molar-refractivity contribution in [3.63, 3.8) is 0 Å². The van der Waals surface area contributed by atoms with E-state index in [2.05, 4.69) is 15.9 Å². The Morgan fingerprint density at radius 2 is 1.85 bits per heavy atom. The number of ether oxygens (including phenoxy) is 2. The van der Waals surface area contributed by atoms with Crippen molar-refractivity contribution in [2.24, 2.45) is 0 Å². The van der Waals surface area contributed by atoms with E-state index in [0.29, 0.717) is 6.61 Å². The molecule has 0 aliphatic carbocycles. The van der Waals surface area contributed by atoms with Crippen molar-refractivity contribution in [1.29, 1.82) is 0 Å². The molecule has 0 spiro atoms. The largest absolute Gasteiger partial charge is 0.496 e. The first-order valence-corrected chi connectivity index (χ1v) is 7.12. The molecule has 0 amide bonds. The Kier molecular flexibility index (Phi) is 5.04. The molecule has 0 aromatic heterocycles. The van der Waals surface area contributed by atoms with Crippen LogP contribution in [0.25, 0.3) is 0 Å². The first kappa shape index (κ1) is 14.9. The smallest absolute Gasteiger partial charge is 0.125 e. The molecule has 1 unspecified atom stereocenters. The van der Waals surface area contributed by atoms with Gasteiger partial charge >= 0.3 is 0 Å². The van der Waals surface area contributed by atoms with Gasteiger partial charge in [-0.1, -0.05) is 28.1 Å². The lowest BCUT2D eigenvalue weighted by Gasteiger charge is -2.11. The lowest BCUT2D eigenvalue weighted by Crippen LogP contribution is -1.99. The average Bonchev–Trinajstić information content (AvgIpc) is 2.45. The van der Waals surface area contributed by atoms with E-state index in [-0.39, 0.29) is 0 Å². The van der Waals surface area contributed by atoms with Crippen molar-refractivity contribution in [2.75, 3.05) is 7.11 Å². The monoisotopic (exact) mass is 336 g/mol. The number of hydrogen-bond acceptors (Lipinski definition) is 3. The summed E-state index contributed by atoms with van der Waals surface area (Å²) in [7, 11) is 1.64. The minimum absolute atomic E-state index is 0.427. The number of aliphatic hydroxyl groups is 1. The topological polar surface area (TPSA) is 38.7 Å². The fourth-order valence-corrected chi connectivity index (χ4v) is 2.27. The highest BCUT2D eigenvalue weighted by Gasteiger charge is 2.05. The minimum Gasteiger partial charge on any atom is -0.496 e. The molecule has 3 nitrogen and oxygen atoms in total. The SMILES string of the molecule is COc1ccc(Br)cc1COc1ccc(C(C)O)cc1. The molecule has 1 atom stereocenters. The number of hydrogen-bond donors (Lipinski definition) is 1. The molecule has 0 aliphatic rings. The molecule has 0 radical (unpaired) electrons. The van der Waals surface area contributed by atoms with Crippen LogP contribution in [0.3, 0.4) is 0 Å². The van der Waals surface area contributed by atoms with Crippen molar-refractivity contribution in [3.8, 4) is 11.5 Å². The first-order valence-electron chi connectivity index (χ1n) is 6.33. The predicted octanol–water partition coefficient (Wildman–Crippen LogP) is 4.09. The molecule has 2 aromatic carbocycles. The van der Waals surface area contributed by atoms with Crippen LogP contribution in [-0.4, -0.2) is 12.2 Å². The molecule has 106 valence electrons. The highest BCUT2D eigenvalue weighted by atomic mass is 79.9. The van der Waals surface area contributed by atoms with Gasteiger partial charge in [-0.25, -0.2) is 0 Å². The maximum absolute atomic E-state index is 9.46. The van der Waals surface area contributed by atoms with Crippen LogP contribution in [0.4, 0.5) is 0 Å². The summed E-state index contributed by atoms with van der Waals surface area (Å²) in [6.45, 7) is 2.17. The lowest BCUT2D eigenvalue weighted by atomic mass is 10.1. The molecular formula is C16H17BrO3. The number of methoxy groups -OCH3 is 1. The maximum Gasteiger partial charge on any atom is 0.125 e. The van der Waals surface area contributed by atoms with E-state index in [9.17, 15) is 5.11 Å². The van der Waals surface area contributed by atoms with Crippen LogP contribution in [0, 0.1) is 0 Å². The van der Waals surface area contributed by atoms with Crippen LogP contribution in [0.2, 0.25) is 0 Å². The van der Waals surface area contributed by atoms with E-state index in [4.69, 9.17) is 9.47 Å². The van der Waals surface area contributed by atoms with Gasteiger partial charge in [0.25, 0.3) is 0 Å². The third-order valence-electron chi connectivity index (χ3n) is 3.00. The predicted molar refractivity (Wildman–Crippen MR) is 82.1 cm³/mol. The summed E-state index contributed by atoms with van der Waals surface area (Å²) in [6, 6.07) is 13.2. The number of rotatable bonds is 5. The Morgan fingerprint density at radius 1 is 1.15 bits per heavy atom. The summed E-state index contributed by atoms with van der Waals surface area (Å²) in [6.07, 6.45) is -0.464. The first-order chi connectivity index (χ1) is 9.60. The Labute approximate surface area is 127 Å². The van der Waals surface area contributed by atoms with Crippen molar-refractivity contribution < 1.29 is 14.6 Å². The van der Waals surface area contributed by atoms with Gasteiger partial charge in [-0.2, -0.15) is 0 Å². The summed E-state index contributed by atoms with van der Waals surface area (Å²) >= 11 is 3.44. The summed E-state index contributed by atoms with van der Waals surface area (Å²) in [5.74, 6) is 1.56. The van der Waals surface area contributed by atoms with E-state index in [1.807, 2.05) is 42.5 Å². The summed E-state index contributed by atoms with van der Waals surface area (Å²) in [5, 5.41) is 9.46. The maximum atomic E-state index is 9.46. The number of halogens is 1. The van der Waals surface area contributed by atoms with Crippen molar-refractivity contribution >= 4 is 15.9 Å². The standard InChI is InChI=1S/C16H17BrO3/c1-11(18)12-3-6-15(7-4-12)20-10-13-9-14(17)5-8-16(13)19-2/h3-9,11,18H,10H2,1-2H3. The van der Waals surface area contributed by atoms with Gasteiger partial charge < -0.3 is 14.6 Å². The third kappa shape index (κ3) is 3.74. The summed E-state index contributed by atoms with van der Waals surface area (Å²) in [5.41, 5.74) is 1.85. The second kappa shape index (κ2) is 6.77. The zero-order valence-electron chi connectivity index (χ0n) is 11.5. The fourth-order valence-electron chi connectivity index (χ4n) is 1.86. The molecule has 0 saturated heterocycles. The van der Waals surface area contributed by atoms with Crippen LogP contribution in [0.1, 0.15) is 24.2 Å². The summed E-state index contributed by atoms with van der Waals surface area (Å²) in [4.78, 5) is 0. The molecule has 0 fully saturated rings. The molecule has 0 aliphatic heterocycles. The second-order valence-corrected chi connectivity index (χ2v) is 5.41. The van der Waals surface area contributed by atoms with Gasteiger partial charge in [0.15, 0.2) is 0 Å². The molecular weight excluding hydrogens is 320 g/mol. The van der Waals surface area contributed by atoms with Gasteiger partial charge in [-0.15, -0.1) is 0 Å². The van der Waals surface area contributed by atoms with Gasteiger partial charge in [-0.05, 0) is 42.8 Å². The van der Waals surface area contributed by atoms with Gasteiger partial charge in [0, 0.05) is 10.0 Å². The van der Waals surface area contributed by atoms with E-state index in [1.54, 1.807) is 14.0 Å². The quantitative estimate of drug-likeness (QED) is 0.893. The molecule has 2 aromatic rings. The zero-order chi connectivity index (χ0) is 14.5. The Bertz CT molecular complexity index is 564. The Hall–Kier alpha value is -1.52. The molecule has 2 rings (SSSR count). The van der Waals surface area contributed by atoms with Gasteiger partial charge in [0.2, 0.25) is 0 Å². The lowest BCUT2D eigenvalue weighted by molar-refractivity contribution is 0.199.